The van der Waals surface area contributed by atoms with E-state index in [1.165, 1.54) is 24.3 Å². The number of nitriles is 2. The summed E-state index contributed by atoms with van der Waals surface area (Å²) in [5.74, 6) is -0.207. The first-order valence-electron chi connectivity index (χ1n) is 7.29. The molecule has 0 spiro atoms. The molecule has 5 nitrogen and oxygen atoms in total. The Bertz CT molecular complexity index is 942. The van der Waals surface area contributed by atoms with Crippen molar-refractivity contribution in [2.24, 2.45) is 0 Å². The number of nitrogens with zero attached hydrogens (tertiary/aromatic N) is 2. The molecule has 0 aromatic heterocycles. The number of halogens is 3. The molecule has 0 saturated carbocycles. The summed E-state index contributed by atoms with van der Waals surface area (Å²) in [6, 6.07) is 9.66. The molecular weight excluding hydrogens is 399 g/mol. The Balaban J connectivity index is 2.38. The largest absolute Gasteiger partial charge is 0.459 e. The van der Waals surface area contributed by atoms with Gasteiger partial charge < -0.3 is 9.47 Å². The Hall–Kier alpha value is -2.44. The highest BCUT2D eigenvalue weighted by atomic mass is 35.5. The van der Waals surface area contributed by atoms with Gasteiger partial charge in [-0.25, -0.2) is 4.79 Å². The highest BCUT2D eigenvalue weighted by Gasteiger charge is 2.23. The van der Waals surface area contributed by atoms with E-state index in [4.69, 9.17) is 49.5 Å². The minimum absolute atomic E-state index is 0.0496. The van der Waals surface area contributed by atoms with Gasteiger partial charge in [0.05, 0.1) is 27.8 Å². The maximum absolute atomic E-state index is 11.8. The van der Waals surface area contributed by atoms with Gasteiger partial charge in [-0.05, 0) is 38.1 Å². The fraction of sp³-hybridized carbons (Fsp3) is 0.167. The van der Waals surface area contributed by atoms with Crippen molar-refractivity contribution in [1.29, 1.82) is 10.5 Å². The lowest BCUT2D eigenvalue weighted by Gasteiger charge is -2.13. The van der Waals surface area contributed by atoms with Crippen LogP contribution in [-0.2, 0) is 4.74 Å². The van der Waals surface area contributed by atoms with Crippen LogP contribution < -0.4 is 4.74 Å². The van der Waals surface area contributed by atoms with E-state index in [1.807, 2.05) is 6.07 Å². The molecular formula is C18H11Cl3N2O3. The molecule has 8 heteroatoms. The number of carbonyl (C=O) groups is 1. The van der Waals surface area contributed by atoms with Crippen LogP contribution in [0.15, 0.2) is 24.3 Å². The third-order valence-corrected chi connectivity index (χ3v) is 4.35. The van der Waals surface area contributed by atoms with Crippen molar-refractivity contribution in [2.45, 2.75) is 20.0 Å². The topological polar surface area (TPSA) is 83.1 Å². The van der Waals surface area contributed by atoms with Crippen molar-refractivity contribution in [3.8, 4) is 23.6 Å². The van der Waals surface area contributed by atoms with Crippen LogP contribution in [0.1, 0.15) is 35.3 Å². The quantitative estimate of drug-likeness (QED) is 0.474. The summed E-state index contributed by atoms with van der Waals surface area (Å²) in [7, 11) is 0. The van der Waals surface area contributed by atoms with Crippen LogP contribution in [0.4, 0.5) is 0 Å². The van der Waals surface area contributed by atoms with Crippen LogP contribution in [-0.4, -0.2) is 12.1 Å². The Kier molecular flexibility index (Phi) is 6.34. The van der Waals surface area contributed by atoms with E-state index >= 15 is 0 Å². The predicted molar refractivity (Wildman–Crippen MR) is 98.0 cm³/mol. The van der Waals surface area contributed by atoms with E-state index in [2.05, 4.69) is 0 Å². The van der Waals surface area contributed by atoms with Crippen molar-refractivity contribution in [3.05, 3.63) is 56.0 Å². The van der Waals surface area contributed by atoms with Crippen LogP contribution >= 0.6 is 34.8 Å². The van der Waals surface area contributed by atoms with Gasteiger partial charge in [-0.1, -0.05) is 34.8 Å². The minimum Gasteiger partial charge on any atom is -0.459 e. The van der Waals surface area contributed by atoms with E-state index < -0.39 is 5.97 Å². The van der Waals surface area contributed by atoms with Gasteiger partial charge in [0, 0.05) is 0 Å². The summed E-state index contributed by atoms with van der Waals surface area (Å²) in [6.07, 6.45) is -0.235. The summed E-state index contributed by atoms with van der Waals surface area (Å²) in [4.78, 5) is 11.8. The number of rotatable bonds is 4. The third kappa shape index (κ3) is 4.03. The predicted octanol–water partition coefficient (Wildman–Crippen LogP) is 5.75. The van der Waals surface area contributed by atoms with Crippen LogP contribution in [0.5, 0.6) is 11.5 Å². The SMILES string of the molecule is CC(C)OC(=O)c1ccc(Oc2c(Cl)c(Cl)c(C#N)c(C#N)c2Cl)cc1. The van der Waals surface area contributed by atoms with Crippen molar-refractivity contribution in [2.75, 3.05) is 0 Å². The maximum Gasteiger partial charge on any atom is 0.338 e. The van der Waals surface area contributed by atoms with Gasteiger partial charge in [0.15, 0.2) is 5.75 Å². The second kappa shape index (κ2) is 8.29. The third-order valence-electron chi connectivity index (χ3n) is 3.16. The molecule has 0 radical (unpaired) electrons. The first-order chi connectivity index (χ1) is 12.3. The highest BCUT2D eigenvalue weighted by molar-refractivity contribution is 6.46. The molecule has 0 N–H and O–H groups in total. The number of benzene rings is 2. The first-order valence-corrected chi connectivity index (χ1v) is 8.43. The monoisotopic (exact) mass is 408 g/mol. The summed E-state index contributed by atoms with van der Waals surface area (Å²) >= 11 is 18.3. The number of hydrogen-bond donors (Lipinski definition) is 0. The van der Waals surface area contributed by atoms with Gasteiger partial charge in [0.25, 0.3) is 0 Å². The molecule has 0 aliphatic heterocycles. The van der Waals surface area contributed by atoms with Gasteiger partial charge in [-0.3, -0.25) is 0 Å². The Labute approximate surface area is 165 Å². The molecule has 2 aromatic rings. The van der Waals surface area contributed by atoms with Crippen molar-refractivity contribution in [3.63, 3.8) is 0 Å². The number of ether oxygens (including phenoxy) is 2. The Morgan fingerprint density at radius 3 is 2.00 bits per heavy atom. The summed E-state index contributed by atoms with van der Waals surface area (Å²) in [6.45, 7) is 3.50. The molecule has 0 unspecified atom stereocenters. The molecule has 2 aromatic carbocycles. The van der Waals surface area contributed by atoms with E-state index in [0.29, 0.717) is 11.3 Å². The first kappa shape index (κ1) is 19.9. The Morgan fingerprint density at radius 1 is 0.962 bits per heavy atom. The molecule has 26 heavy (non-hydrogen) atoms. The smallest absolute Gasteiger partial charge is 0.338 e. The van der Waals surface area contributed by atoms with E-state index in [9.17, 15) is 10.1 Å². The average Bonchev–Trinajstić information content (AvgIpc) is 2.61. The molecule has 0 aliphatic rings. The normalized spacial score (nSPS) is 10.2. The summed E-state index contributed by atoms with van der Waals surface area (Å²) in [5, 5.41) is 18.0. The summed E-state index contributed by atoms with van der Waals surface area (Å²) < 4.78 is 10.7. The van der Waals surface area contributed by atoms with Gasteiger partial charge >= 0.3 is 5.97 Å². The average molecular weight is 410 g/mol. The molecule has 2 rings (SSSR count). The van der Waals surface area contributed by atoms with E-state index in [-0.39, 0.29) is 38.0 Å². The lowest BCUT2D eigenvalue weighted by atomic mass is 10.1. The molecule has 0 saturated heterocycles. The standard InChI is InChI=1S/C18H11Cl3N2O3/c1-9(2)25-18(24)10-3-5-11(6-4-10)26-17-15(20)13(8-23)12(7-22)14(19)16(17)21/h3-6,9H,1-2H3. The van der Waals surface area contributed by atoms with Gasteiger partial charge in [-0.15, -0.1) is 0 Å². The maximum atomic E-state index is 11.8. The lowest BCUT2D eigenvalue weighted by Crippen LogP contribution is -2.11. The molecule has 0 aliphatic carbocycles. The zero-order valence-corrected chi connectivity index (χ0v) is 15.9. The van der Waals surface area contributed by atoms with Crippen LogP contribution in [0.2, 0.25) is 15.1 Å². The lowest BCUT2D eigenvalue weighted by molar-refractivity contribution is 0.0378. The minimum atomic E-state index is -0.462. The molecule has 132 valence electrons. The second-order valence-electron chi connectivity index (χ2n) is 5.33. The van der Waals surface area contributed by atoms with Gasteiger partial charge in [0.1, 0.15) is 27.9 Å². The number of carbonyl (C=O) groups excluding carboxylic acids is 1. The fourth-order valence-electron chi connectivity index (χ4n) is 2.00. The van der Waals surface area contributed by atoms with Crippen molar-refractivity contribution >= 4 is 40.8 Å². The van der Waals surface area contributed by atoms with E-state index in [0.717, 1.165) is 0 Å². The molecule has 0 bridgehead atoms. The number of hydrogen-bond acceptors (Lipinski definition) is 5. The van der Waals surface area contributed by atoms with E-state index in [1.54, 1.807) is 19.9 Å². The Morgan fingerprint density at radius 2 is 1.50 bits per heavy atom. The molecule has 0 heterocycles. The van der Waals surface area contributed by atoms with Crippen LogP contribution in [0, 0.1) is 22.7 Å². The molecule has 0 amide bonds. The number of esters is 1. The second-order valence-corrected chi connectivity index (χ2v) is 6.46. The zero-order valence-electron chi connectivity index (χ0n) is 13.6. The van der Waals surface area contributed by atoms with Gasteiger partial charge in [0.2, 0.25) is 0 Å². The fourth-order valence-corrected chi connectivity index (χ4v) is 2.77. The molecule has 0 atom stereocenters. The van der Waals surface area contributed by atoms with Crippen molar-refractivity contribution < 1.29 is 14.3 Å². The van der Waals surface area contributed by atoms with Crippen LogP contribution in [0.3, 0.4) is 0 Å². The molecule has 0 fully saturated rings. The summed E-state index contributed by atoms with van der Waals surface area (Å²) in [5.41, 5.74) is 0.0952. The zero-order chi connectivity index (χ0) is 19.4. The van der Waals surface area contributed by atoms with Gasteiger partial charge in [-0.2, -0.15) is 10.5 Å². The van der Waals surface area contributed by atoms with Crippen LogP contribution in [0.25, 0.3) is 0 Å². The van der Waals surface area contributed by atoms with Crippen molar-refractivity contribution in [1.82, 2.24) is 0 Å². The highest BCUT2D eigenvalue weighted by Crippen LogP contribution is 2.45.